The van der Waals surface area contributed by atoms with Gasteiger partial charge in [-0.05, 0) is 0 Å². The Bertz CT molecular complexity index is 596. The van der Waals surface area contributed by atoms with E-state index >= 15 is 0 Å². The van der Waals surface area contributed by atoms with E-state index in [9.17, 15) is 9.59 Å². The summed E-state index contributed by atoms with van der Waals surface area (Å²) in [5, 5.41) is 2.87. The minimum absolute atomic E-state index is 0.363. The average Bonchev–Trinajstić information content (AvgIpc) is 2.77. The number of nitrogens with one attached hydrogen (secondary N) is 1. The molecular formula is C27H51NO4Sn. The monoisotopic (exact) mass is 573 g/mol. The maximum atomic E-state index is 12.7. The molecule has 0 aromatic carbocycles. The van der Waals surface area contributed by atoms with Crippen LogP contribution in [-0.4, -0.2) is 48.7 Å². The zero-order valence-corrected chi connectivity index (χ0v) is 25.4. The minimum atomic E-state index is -2.30. The van der Waals surface area contributed by atoms with Crippen LogP contribution in [0.25, 0.3) is 0 Å². The first-order valence-electron chi connectivity index (χ1n) is 13.3. The van der Waals surface area contributed by atoms with Gasteiger partial charge in [0.1, 0.15) is 0 Å². The molecule has 0 heterocycles. The van der Waals surface area contributed by atoms with Crippen molar-refractivity contribution in [2.75, 3.05) is 7.11 Å². The number of carbonyl (C=O) groups is 2. The number of amides is 1. The van der Waals surface area contributed by atoms with Crippen molar-refractivity contribution in [1.29, 1.82) is 0 Å². The van der Waals surface area contributed by atoms with E-state index in [2.05, 4.69) is 36.3 Å². The Morgan fingerprint density at radius 1 is 0.970 bits per heavy atom. The van der Waals surface area contributed by atoms with Crippen LogP contribution in [0.1, 0.15) is 106 Å². The second-order valence-corrected chi connectivity index (χ2v) is 24.1. The van der Waals surface area contributed by atoms with Crippen LogP contribution < -0.4 is 5.32 Å². The molecule has 1 rings (SSSR count). The first-order valence-corrected chi connectivity index (χ1v) is 21.0. The molecule has 1 N–H and O–H groups in total. The van der Waals surface area contributed by atoms with Crippen LogP contribution in [0.2, 0.25) is 13.3 Å². The summed E-state index contributed by atoms with van der Waals surface area (Å²) in [5.74, 6) is 0.113. The number of hydrogen-bond donors (Lipinski definition) is 1. The Kier molecular flexibility index (Phi) is 13.4. The van der Waals surface area contributed by atoms with Gasteiger partial charge < -0.3 is 0 Å². The summed E-state index contributed by atoms with van der Waals surface area (Å²) in [6.07, 6.45) is 12.9. The maximum absolute atomic E-state index is 12.7. The van der Waals surface area contributed by atoms with Crippen LogP contribution in [0.5, 0.6) is 0 Å². The molecule has 0 radical (unpaired) electrons. The van der Waals surface area contributed by atoms with Gasteiger partial charge in [-0.15, -0.1) is 0 Å². The third-order valence-corrected chi connectivity index (χ3v) is 21.1. The zero-order chi connectivity index (χ0) is 25.0. The first kappa shape index (κ1) is 30.3. The molecule has 0 unspecified atom stereocenters. The van der Waals surface area contributed by atoms with Crippen molar-refractivity contribution in [2.24, 2.45) is 5.92 Å². The number of allylic oxidation sites excluding steroid dienone is 1. The molecule has 1 aliphatic carbocycles. The number of esters is 1. The number of ether oxygens (including phenoxy) is 2. The molecule has 192 valence electrons. The molecule has 0 aliphatic heterocycles. The van der Waals surface area contributed by atoms with Crippen molar-refractivity contribution in [1.82, 2.24) is 5.32 Å². The summed E-state index contributed by atoms with van der Waals surface area (Å²) in [6, 6.07) is 0. The quantitative estimate of drug-likeness (QED) is 0.183. The van der Waals surface area contributed by atoms with Crippen LogP contribution in [0.15, 0.2) is 10.2 Å². The second-order valence-electron chi connectivity index (χ2n) is 11.1. The Morgan fingerprint density at radius 2 is 1.45 bits per heavy atom. The summed E-state index contributed by atoms with van der Waals surface area (Å²) in [6.45, 7) is 12.4. The van der Waals surface area contributed by atoms with Gasteiger partial charge in [0.15, 0.2) is 0 Å². The number of alkyl carbamates (subject to hydrolysis) is 1. The normalized spacial score (nSPS) is 21.7. The van der Waals surface area contributed by atoms with E-state index in [-0.39, 0.29) is 5.97 Å². The molecular weight excluding hydrogens is 521 g/mol. The van der Waals surface area contributed by atoms with Gasteiger partial charge >= 0.3 is 208 Å². The molecule has 0 atom stereocenters. The van der Waals surface area contributed by atoms with Crippen molar-refractivity contribution in [3.05, 3.63) is 10.2 Å². The van der Waals surface area contributed by atoms with E-state index in [1.807, 2.05) is 20.8 Å². The molecule has 0 bridgehead atoms. The van der Waals surface area contributed by atoms with Crippen LogP contribution in [0.4, 0.5) is 4.79 Å². The van der Waals surface area contributed by atoms with Crippen LogP contribution in [0, 0.1) is 5.92 Å². The van der Waals surface area contributed by atoms with Gasteiger partial charge in [0.25, 0.3) is 0 Å². The van der Waals surface area contributed by atoms with Crippen molar-refractivity contribution in [2.45, 2.75) is 130 Å². The van der Waals surface area contributed by atoms with Gasteiger partial charge in [0.05, 0.1) is 0 Å². The van der Waals surface area contributed by atoms with Gasteiger partial charge in [0.2, 0.25) is 0 Å². The van der Waals surface area contributed by atoms with Crippen molar-refractivity contribution in [3.8, 4) is 0 Å². The van der Waals surface area contributed by atoms with Crippen molar-refractivity contribution in [3.63, 3.8) is 0 Å². The third kappa shape index (κ3) is 10.6. The van der Waals surface area contributed by atoms with E-state index < -0.39 is 35.6 Å². The molecule has 0 spiro atoms. The van der Waals surface area contributed by atoms with E-state index in [4.69, 9.17) is 9.47 Å². The van der Waals surface area contributed by atoms with Crippen LogP contribution in [-0.2, 0) is 14.3 Å². The number of hydrogen-bond acceptors (Lipinski definition) is 4. The summed E-state index contributed by atoms with van der Waals surface area (Å²) >= 11 is -2.30. The third-order valence-electron chi connectivity index (χ3n) is 7.01. The number of rotatable bonds is 13. The fraction of sp³-hybridized carbons (Fsp3) is 0.852. The van der Waals surface area contributed by atoms with Crippen LogP contribution in [0.3, 0.4) is 0 Å². The molecule has 1 aliphatic rings. The Hall–Kier alpha value is -0.721. The number of unbranched alkanes of at least 4 members (excludes halogenated alkanes) is 3. The van der Waals surface area contributed by atoms with Gasteiger partial charge in [-0.1, -0.05) is 0 Å². The topological polar surface area (TPSA) is 64.6 Å². The molecule has 6 heteroatoms. The standard InChI is InChI=1S/C15H24NO4.3C4H9.Sn/c1-6-11-7-9-15(10-8-11,12(17)19-5)16-13(18)20-14(2,3)4;3*1-3-4-2;/h1,6,11H,7-10H2,2-5H3,(H,16,18);3*1,3-4H2,2H3;. The van der Waals surface area contributed by atoms with Gasteiger partial charge in [-0.3, -0.25) is 0 Å². The predicted octanol–water partition coefficient (Wildman–Crippen LogP) is 7.56. The van der Waals surface area contributed by atoms with Crippen molar-refractivity contribution < 1.29 is 19.1 Å². The summed E-state index contributed by atoms with van der Waals surface area (Å²) in [4.78, 5) is 25.1. The molecule has 1 saturated carbocycles. The van der Waals surface area contributed by atoms with Crippen LogP contribution >= 0.6 is 0 Å². The molecule has 0 aromatic heterocycles. The fourth-order valence-electron chi connectivity index (χ4n) is 4.95. The average molecular weight is 572 g/mol. The molecule has 33 heavy (non-hydrogen) atoms. The van der Waals surface area contributed by atoms with Gasteiger partial charge in [-0.2, -0.15) is 0 Å². The van der Waals surface area contributed by atoms with Crippen molar-refractivity contribution >= 4 is 30.4 Å². The van der Waals surface area contributed by atoms with Gasteiger partial charge in [-0.25, -0.2) is 0 Å². The molecule has 0 aromatic rings. The van der Waals surface area contributed by atoms with E-state index in [1.54, 1.807) is 0 Å². The van der Waals surface area contributed by atoms with E-state index in [0.717, 1.165) is 12.8 Å². The predicted molar refractivity (Wildman–Crippen MR) is 140 cm³/mol. The molecule has 1 amide bonds. The number of methoxy groups -OCH3 is 1. The first-order chi connectivity index (χ1) is 15.5. The zero-order valence-electron chi connectivity index (χ0n) is 22.6. The molecule has 5 nitrogen and oxygen atoms in total. The Balaban J connectivity index is 2.93. The summed E-state index contributed by atoms with van der Waals surface area (Å²) in [7, 11) is 1.39. The Labute approximate surface area is 207 Å². The Morgan fingerprint density at radius 3 is 1.85 bits per heavy atom. The SMILES string of the molecule is CCC[CH2][Sn]([CH]=CC1CCC(NC(=O)OC(C)(C)C)(C(=O)OC)CC1)([CH2]CCC)[CH2]CCC. The molecule has 1 fully saturated rings. The van der Waals surface area contributed by atoms with E-state index in [1.165, 1.54) is 58.9 Å². The summed E-state index contributed by atoms with van der Waals surface area (Å²) in [5.41, 5.74) is -1.58. The summed E-state index contributed by atoms with van der Waals surface area (Å²) < 4.78 is 17.7. The number of carbonyl (C=O) groups excluding carboxylic acids is 2. The van der Waals surface area contributed by atoms with Gasteiger partial charge in [0, 0.05) is 0 Å². The molecule has 0 saturated heterocycles. The van der Waals surface area contributed by atoms with E-state index in [0.29, 0.717) is 18.8 Å². The fourth-order valence-corrected chi connectivity index (χ4v) is 19.5. The second kappa shape index (κ2) is 14.6.